The first-order chi connectivity index (χ1) is 11.1. The van der Waals surface area contributed by atoms with E-state index in [4.69, 9.17) is 4.99 Å². The predicted molar refractivity (Wildman–Crippen MR) is 95.1 cm³/mol. The summed E-state index contributed by atoms with van der Waals surface area (Å²) in [6.07, 6.45) is 0. The highest BCUT2D eigenvalue weighted by Crippen LogP contribution is 2.24. The van der Waals surface area contributed by atoms with Crippen molar-refractivity contribution in [3.63, 3.8) is 0 Å². The van der Waals surface area contributed by atoms with Crippen LogP contribution in [0.15, 0.2) is 59.6 Å². The van der Waals surface area contributed by atoms with Gasteiger partial charge in [-0.05, 0) is 43.7 Å². The zero-order valence-corrected chi connectivity index (χ0v) is 14.2. The summed E-state index contributed by atoms with van der Waals surface area (Å²) in [7, 11) is 2.04. The number of rotatable bonds is 3. The van der Waals surface area contributed by atoms with E-state index in [-0.39, 0.29) is 5.78 Å². The number of hydrogen-bond acceptors (Lipinski definition) is 3. The Bertz CT molecular complexity index is 903. The minimum Gasteiger partial charge on any atom is -0.319 e. The van der Waals surface area contributed by atoms with E-state index in [0.29, 0.717) is 5.56 Å². The molecule has 0 saturated heterocycles. The molecule has 116 valence electrons. The summed E-state index contributed by atoms with van der Waals surface area (Å²) in [5, 5.41) is 0. The van der Waals surface area contributed by atoms with E-state index in [1.165, 1.54) is 16.1 Å². The lowest BCUT2D eigenvalue weighted by atomic mass is 10.1. The third-order valence-electron chi connectivity index (χ3n) is 3.75. The van der Waals surface area contributed by atoms with Gasteiger partial charge >= 0.3 is 0 Å². The molecule has 0 spiro atoms. The maximum Gasteiger partial charge on any atom is 0.190 e. The highest BCUT2D eigenvalue weighted by Gasteiger charge is 2.09. The number of aromatic nitrogens is 1. The zero-order valence-electron chi connectivity index (χ0n) is 13.4. The molecule has 23 heavy (non-hydrogen) atoms. The monoisotopic (exact) mass is 322 g/mol. The molecule has 1 heterocycles. The maximum atomic E-state index is 11.3. The van der Waals surface area contributed by atoms with Crippen LogP contribution in [0.2, 0.25) is 0 Å². The number of aryl methyl sites for hydroxylation is 1. The van der Waals surface area contributed by atoms with Crippen LogP contribution in [-0.4, -0.2) is 10.4 Å². The highest BCUT2D eigenvalue weighted by molar-refractivity contribution is 7.09. The zero-order chi connectivity index (χ0) is 16.4. The van der Waals surface area contributed by atoms with Crippen molar-refractivity contribution in [1.29, 1.82) is 0 Å². The Balaban J connectivity index is 2.06. The van der Waals surface area contributed by atoms with Gasteiger partial charge < -0.3 is 4.57 Å². The standard InChI is InChI=1S/C19H18N2OS/c1-13(22)15-9-11-17(12-10-15)20-19-21(3)18(14(2)23-19)16-7-5-4-6-8-16/h4-12H,1-3H3. The second-order valence-electron chi connectivity index (χ2n) is 5.43. The molecule has 0 amide bonds. The summed E-state index contributed by atoms with van der Waals surface area (Å²) in [6.45, 7) is 3.69. The summed E-state index contributed by atoms with van der Waals surface area (Å²) >= 11 is 1.67. The van der Waals surface area contributed by atoms with Gasteiger partial charge in [0.25, 0.3) is 0 Å². The van der Waals surface area contributed by atoms with E-state index >= 15 is 0 Å². The summed E-state index contributed by atoms with van der Waals surface area (Å²) < 4.78 is 2.12. The fraction of sp³-hybridized carbons (Fsp3) is 0.158. The Morgan fingerprint density at radius 1 is 1.04 bits per heavy atom. The van der Waals surface area contributed by atoms with Gasteiger partial charge in [-0.15, -0.1) is 11.3 Å². The van der Waals surface area contributed by atoms with E-state index in [1.54, 1.807) is 18.3 Å². The van der Waals surface area contributed by atoms with Crippen molar-refractivity contribution in [3.8, 4) is 11.3 Å². The molecular formula is C19H18N2OS. The van der Waals surface area contributed by atoms with Crippen LogP contribution in [0, 0.1) is 6.92 Å². The van der Waals surface area contributed by atoms with Crippen molar-refractivity contribution in [3.05, 3.63) is 69.8 Å². The molecule has 0 aliphatic carbocycles. The molecule has 0 aliphatic heterocycles. The number of ketones is 1. The first-order valence-corrected chi connectivity index (χ1v) is 8.25. The molecule has 0 N–H and O–H groups in total. The van der Waals surface area contributed by atoms with Gasteiger partial charge in [0.1, 0.15) is 0 Å². The minimum atomic E-state index is 0.0698. The molecule has 3 rings (SSSR count). The van der Waals surface area contributed by atoms with E-state index in [9.17, 15) is 4.79 Å². The number of nitrogens with zero attached hydrogens (tertiary/aromatic N) is 2. The van der Waals surface area contributed by atoms with Gasteiger partial charge in [0.15, 0.2) is 10.6 Å². The normalized spacial score (nSPS) is 11.7. The largest absolute Gasteiger partial charge is 0.319 e. The first-order valence-electron chi connectivity index (χ1n) is 7.44. The fourth-order valence-electron chi connectivity index (χ4n) is 2.56. The molecule has 0 bridgehead atoms. The molecule has 0 fully saturated rings. The molecule has 0 atom stereocenters. The minimum absolute atomic E-state index is 0.0698. The lowest BCUT2D eigenvalue weighted by molar-refractivity contribution is 0.101. The second kappa shape index (κ2) is 6.34. The number of benzene rings is 2. The smallest absolute Gasteiger partial charge is 0.190 e. The molecule has 3 aromatic rings. The van der Waals surface area contributed by atoms with E-state index in [1.807, 2.05) is 49.5 Å². The van der Waals surface area contributed by atoms with Crippen molar-refractivity contribution in [2.24, 2.45) is 12.0 Å². The second-order valence-corrected chi connectivity index (χ2v) is 6.61. The Hall–Kier alpha value is -2.46. The average molecular weight is 322 g/mol. The average Bonchev–Trinajstić information content (AvgIpc) is 2.82. The van der Waals surface area contributed by atoms with E-state index < -0.39 is 0 Å². The van der Waals surface area contributed by atoms with Gasteiger partial charge in [-0.1, -0.05) is 30.3 Å². The third-order valence-corrected chi connectivity index (χ3v) is 4.79. The quantitative estimate of drug-likeness (QED) is 0.654. The van der Waals surface area contributed by atoms with Gasteiger partial charge in [-0.25, -0.2) is 4.99 Å². The Kier molecular flexibility index (Phi) is 4.26. The Labute approximate surface area is 139 Å². The number of carbonyl (C=O) groups excluding carboxylic acids is 1. The fourth-order valence-corrected chi connectivity index (χ4v) is 3.56. The van der Waals surface area contributed by atoms with Gasteiger partial charge in [0, 0.05) is 17.5 Å². The Morgan fingerprint density at radius 2 is 1.70 bits per heavy atom. The number of Topliss-reactive ketones (excluding diaryl/α,β-unsaturated/α-hetero) is 1. The van der Waals surface area contributed by atoms with Crippen LogP contribution in [0.5, 0.6) is 0 Å². The molecule has 2 aromatic carbocycles. The van der Waals surface area contributed by atoms with Crippen LogP contribution >= 0.6 is 11.3 Å². The molecular weight excluding hydrogens is 304 g/mol. The van der Waals surface area contributed by atoms with E-state index in [0.717, 1.165) is 10.5 Å². The molecule has 4 heteroatoms. The third kappa shape index (κ3) is 3.17. The van der Waals surface area contributed by atoms with Gasteiger partial charge in [0.2, 0.25) is 0 Å². The topological polar surface area (TPSA) is 34.4 Å². The highest BCUT2D eigenvalue weighted by atomic mass is 32.1. The van der Waals surface area contributed by atoms with Gasteiger partial charge in [-0.3, -0.25) is 4.79 Å². The van der Waals surface area contributed by atoms with E-state index in [2.05, 4.69) is 23.6 Å². The van der Waals surface area contributed by atoms with Crippen molar-refractivity contribution < 1.29 is 4.79 Å². The maximum absolute atomic E-state index is 11.3. The van der Waals surface area contributed by atoms with Crippen LogP contribution in [0.4, 0.5) is 5.69 Å². The van der Waals surface area contributed by atoms with Crippen molar-refractivity contribution in [1.82, 2.24) is 4.57 Å². The molecule has 0 radical (unpaired) electrons. The van der Waals surface area contributed by atoms with Crippen LogP contribution in [0.25, 0.3) is 11.3 Å². The van der Waals surface area contributed by atoms with Crippen LogP contribution < -0.4 is 4.80 Å². The van der Waals surface area contributed by atoms with Crippen LogP contribution in [0.1, 0.15) is 22.2 Å². The Morgan fingerprint density at radius 3 is 2.30 bits per heavy atom. The molecule has 0 aliphatic rings. The lowest BCUT2D eigenvalue weighted by Gasteiger charge is -2.04. The number of hydrogen-bond donors (Lipinski definition) is 0. The lowest BCUT2D eigenvalue weighted by Crippen LogP contribution is -2.10. The summed E-state index contributed by atoms with van der Waals surface area (Å²) in [5.41, 5.74) is 3.94. The number of carbonyl (C=O) groups is 1. The van der Waals surface area contributed by atoms with Crippen LogP contribution in [-0.2, 0) is 7.05 Å². The van der Waals surface area contributed by atoms with Gasteiger partial charge in [-0.2, -0.15) is 0 Å². The SMILES string of the molecule is CC(=O)c1ccc(N=c2sc(C)c(-c3ccccc3)n2C)cc1. The van der Waals surface area contributed by atoms with Crippen molar-refractivity contribution in [2.75, 3.05) is 0 Å². The molecule has 3 nitrogen and oxygen atoms in total. The number of thiazole rings is 1. The summed E-state index contributed by atoms with van der Waals surface area (Å²) in [6, 6.07) is 17.7. The molecule has 0 saturated carbocycles. The molecule has 1 aromatic heterocycles. The first kappa shape index (κ1) is 15.4. The summed E-state index contributed by atoms with van der Waals surface area (Å²) in [4.78, 5) is 18.2. The predicted octanol–water partition coefficient (Wildman–Crippen LogP) is 4.50. The van der Waals surface area contributed by atoms with Crippen molar-refractivity contribution >= 4 is 22.8 Å². The molecule has 0 unspecified atom stereocenters. The van der Waals surface area contributed by atoms with Gasteiger partial charge in [0.05, 0.1) is 11.4 Å². The van der Waals surface area contributed by atoms with Crippen LogP contribution in [0.3, 0.4) is 0 Å². The summed E-state index contributed by atoms with van der Waals surface area (Å²) in [5.74, 6) is 0.0698. The van der Waals surface area contributed by atoms with Crippen molar-refractivity contribution in [2.45, 2.75) is 13.8 Å².